The van der Waals surface area contributed by atoms with E-state index in [0.29, 0.717) is 11.0 Å². The molecule has 1 heterocycles. The molecule has 1 unspecified atom stereocenters. The molecule has 7 heteroatoms. The summed E-state index contributed by atoms with van der Waals surface area (Å²) in [7, 11) is 1.28. The zero-order valence-corrected chi connectivity index (χ0v) is 9.66. The first kappa shape index (κ1) is 11.3. The van der Waals surface area contributed by atoms with Crippen LogP contribution in [0.1, 0.15) is 24.6 Å². The van der Waals surface area contributed by atoms with Gasteiger partial charge in [0.2, 0.25) is 5.13 Å². The van der Waals surface area contributed by atoms with Gasteiger partial charge in [0, 0.05) is 17.5 Å². The molecule has 1 atom stereocenters. The van der Waals surface area contributed by atoms with Gasteiger partial charge in [-0.15, -0.1) is 0 Å². The van der Waals surface area contributed by atoms with Crippen LogP contribution in [0, 0.1) is 0 Å². The summed E-state index contributed by atoms with van der Waals surface area (Å²) in [5.41, 5.74) is 0. The molecule has 1 aromatic rings. The van der Waals surface area contributed by atoms with E-state index in [0.717, 1.165) is 18.7 Å². The highest BCUT2D eigenvalue weighted by Crippen LogP contribution is 2.39. The lowest BCUT2D eigenvalue weighted by Crippen LogP contribution is -2.33. The topological polar surface area (TPSA) is 84.3 Å². The Bertz CT molecular complexity index is 378. The maximum absolute atomic E-state index is 11.2. The normalized spacial score (nSPS) is 16.9. The lowest BCUT2D eigenvalue weighted by molar-refractivity contribution is -0.142. The number of nitrogens with one attached hydrogen (secondary N) is 1. The van der Waals surface area contributed by atoms with Crippen molar-refractivity contribution in [2.24, 2.45) is 0 Å². The second-order valence-corrected chi connectivity index (χ2v) is 4.39. The zero-order valence-electron chi connectivity index (χ0n) is 8.84. The smallest absolute Gasteiger partial charge is 0.330 e. The standard InChI is InChI=1S/C9H13N3O3S/c1-15-8(14)6(4-13)10-9-11-7(12-16-9)5-2-3-5/h5-6,13H,2-4H2,1H3,(H,10,11,12). The van der Waals surface area contributed by atoms with Gasteiger partial charge in [-0.3, -0.25) is 0 Å². The van der Waals surface area contributed by atoms with E-state index in [-0.39, 0.29) is 6.61 Å². The summed E-state index contributed by atoms with van der Waals surface area (Å²) in [6, 6.07) is -0.773. The number of carbonyl (C=O) groups is 1. The number of anilines is 1. The van der Waals surface area contributed by atoms with Crippen LogP contribution in [0.5, 0.6) is 0 Å². The number of hydrogen-bond acceptors (Lipinski definition) is 7. The molecule has 1 saturated carbocycles. The van der Waals surface area contributed by atoms with Gasteiger partial charge in [-0.1, -0.05) is 0 Å². The SMILES string of the molecule is COC(=O)C(CO)Nc1nc(C2CC2)ns1. The molecule has 0 saturated heterocycles. The fourth-order valence-electron chi connectivity index (χ4n) is 1.27. The first-order valence-corrected chi connectivity index (χ1v) is 5.80. The van der Waals surface area contributed by atoms with Crippen LogP contribution in [0.4, 0.5) is 5.13 Å². The molecule has 88 valence electrons. The number of esters is 1. The Hall–Kier alpha value is -1.21. The molecular weight excluding hydrogens is 230 g/mol. The van der Waals surface area contributed by atoms with E-state index in [4.69, 9.17) is 5.11 Å². The van der Waals surface area contributed by atoms with E-state index in [1.54, 1.807) is 0 Å². The molecule has 2 rings (SSSR count). The molecule has 1 aliphatic carbocycles. The van der Waals surface area contributed by atoms with Crippen molar-refractivity contribution in [3.8, 4) is 0 Å². The number of aliphatic hydroxyl groups is 1. The number of rotatable bonds is 5. The number of ether oxygens (including phenoxy) is 1. The molecule has 0 radical (unpaired) electrons. The van der Waals surface area contributed by atoms with Crippen molar-refractivity contribution in [2.45, 2.75) is 24.8 Å². The minimum absolute atomic E-state index is 0.328. The largest absolute Gasteiger partial charge is 0.467 e. The van der Waals surface area contributed by atoms with E-state index in [2.05, 4.69) is 19.4 Å². The predicted molar refractivity (Wildman–Crippen MR) is 58.4 cm³/mol. The van der Waals surface area contributed by atoms with Crippen molar-refractivity contribution < 1.29 is 14.6 Å². The summed E-state index contributed by atoms with van der Waals surface area (Å²) in [5, 5.41) is 12.4. The zero-order chi connectivity index (χ0) is 11.5. The van der Waals surface area contributed by atoms with Crippen molar-refractivity contribution in [3.63, 3.8) is 0 Å². The lowest BCUT2D eigenvalue weighted by Gasteiger charge is -2.11. The van der Waals surface area contributed by atoms with E-state index in [1.165, 1.54) is 18.6 Å². The van der Waals surface area contributed by atoms with Gasteiger partial charge in [0.25, 0.3) is 0 Å². The highest BCUT2D eigenvalue weighted by molar-refractivity contribution is 7.09. The molecule has 0 bridgehead atoms. The second kappa shape index (κ2) is 4.75. The third kappa shape index (κ3) is 2.48. The van der Waals surface area contributed by atoms with Gasteiger partial charge in [-0.05, 0) is 12.8 Å². The van der Waals surface area contributed by atoms with Crippen LogP contribution in [0.25, 0.3) is 0 Å². The van der Waals surface area contributed by atoms with Crippen molar-refractivity contribution in [1.82, 2.24) is 9.36 Å². The fourth-order valence-corrected chi connectivity index (χ4v) is 1.97. The minimum atomic E-state index is -0.773. The van der Waals surface area contributed by atoms with Crippen LogP contribution in [0.15, 0.2) is 0 Å². The van der Waals surface area contributed by atoms with Crippen LogP contribution in [0.2, 0.25) is 0 Å². The minimum Gasteiger partial charge on any atom is -0.467 e. The highest BCUT2D eigenvalue weighted by atomic mass is 32.1. The van der Waals surface area contributed by atoms with Gasteiger partial charge in [0.15, 0.2) is 0 Å². The first-order valence-electron chi connectivity index (χ1n) is 5.03. The summed E-state index contributed by atoms with van der Waals surface area (Å²) in [6.45, 7) is -0.328. The number of aromatic nitrogens is 2. The molecule has 0 aromatic carbocycles. The summed E-state index contributed by atoms with van der Waals surface area (Å²) in [6.07, 6.45) is 2.27. The van der Waals surface area contributed by atoms with Gasteiger partial charge in [0.1, 0.15) is 11.9 Å². The summed E-state index contributed by atoms with van der Waals surface area (Å²) >= 11 is 1.20. The van der Waals surface area contributed by atoms with Crippen LogP contribution in [-0.4, -0.2) is 40.2 Å². The van der Waals surface area contributed by atoms with Gasteiger partial charge in [-0.25, -0.2) is 9.78 Å². The quantitative estimate of drug-likeness (QED) is 0.726. The van der Waals surface area contributed by atoms with Crippen molar-refractivity contribution in [3.05, 3.63) is 5.82 Å². The molecule has 0 spiro atoms. The molecule has 1 aliphatic rings. The Morgan fingerprint density at radius 1 is 1.75 bits per heavy atom. The fraction of sp³-hybridized carbons (Fsp3) is 0.667. The Morgan fingerprint density at radius 2 is 2.50 bits per heavy atom. The summed E-state index contributed by atoms with van der Waals surface area (Å²) in [5.74, 6) is 0.803. The maximum atomic E-state index is 11.2. The molecule has 6 nitrogen and oxygen atoms in total. The Kier molecular flexibility index (Phi) is 3.35. The second-order valence-electron chi connectivity index (χ2n) is 3.63. The van der Waals surface area contributed by atoms with Crippen LogP contribution in [-0.2, 0) is 9.53 Å². The van der Waals surface area contributed by atoms with Crippen LogP contribution < -0.4 is 5.32 Å². The first-order chi connectivity index (χ1) is 7.74. The lowest BCUT2D eigenvalue weighted by atomic mass is 10.3. The van der Waals surface area contributed by atoms with Crippen LogP contribution >= 0.6 is 11.5 Å². The molecule has 0 amide bonds. The molecule has 2 N–H and O–H groups in total. The highest BCUT2D eigenvalue weighted by Gasteiger charge is 2.28. The molecular formula is C9H13N3O3S. The number of aliphatic hydroxyl groups excluding tert-OH is 1. The van der Waals surface area contributed by atoms with E-state index >= 15 is 0 Å². The number of carbonyl (C=O) groups excluding carboxylic acids is 1. The Labute approximate surface area is 96.8 Å². The van der Waals surface area contributed by atoms with Gasteiger partial charge < -0.3 is 15.2 Å². The third-order valence-corrected chi connectivity index (χ3v) is 3.01. The summed E-state index contributed by atoms with van der Waals surface area (Å²) in [4.78, 5) is 15.5. The Morgan fingerprint density at radius 3 is 3.06 bits per heavy atom. The average Bonchev–Trinajstić information content (AvgIpc) is 3.05. The van der Waals surface area contributed by atoms with E-state index in [9.17, 15) is 4.79 Å². The summed E-state index contributed by atoms with van der Waals surface area (Å²) < 4.78 is 8.72. The monoisotopic (exact) mass is 243 g/mol. The maximum Gasteiger partial charge on any atom is 0.330 e. The van der Waals surface area contributed by atoms with Gasteiger partial charge in [-0.2, -0.15) is 4.37 Å². The number of methoxy groups -OCH3 is 1. The van der Waals surface area contributed by atoms with Gasteiger partial charge >= 0.3 is 5.97 Å². The average molecular weight is 243 g/mol. The van der Waals surface area contributed by atoms with E-state index in [1.807, 2.05) is 0 Å². The van der Waals surface area contributed by atoms with Gasteiger partial charge in [0.05, 0.1) is 13.7 Å². The Balaban J connectivity index is 1.97. The van der Waals surface area contributed by atoms with Crippen molar-refractivity contribution >= 4 is 22.6 Å². The van der Waals surface area contributed by atoms with Crippen molar-refractivity contribution in [2.75, 3.05) is 19.0 Å². The predicted octanol–water partition coefficient (Wildman–Crippen LogP) is 0.361. The van der Waals surface area contributed by atoms with Crippen LogP contribution in [0.3, 0.4) is 0 Å². The molecule has 16 heavy (non-hydrogen) atoms. The van der Waals surface area contributed by atoms with Crippen molar-refractivity contribution in [1.29, 1.82) is 0 Å². The molecule has 1 fully saturated rings. The number of nitrogens with zero attached hydrogens (tertiary/aromatic N) is 2. The van der Waals surface area contributed by atoms with E-state index < -0.39 is 12.0 Å². The molecule has 1 aromatic heterocycles. The number of hydrogen-bond donors (Lipinski definition) is 2. The molecule has 0 aliphatic heterocycles. The third-order valence-electron chi connectivity index (χ3n) is 2.35.